The first-order valence-corrected chi connectivity index (χ1v) is 6.28. The normalized spacial score (nSPS) is 24.4. The molecular weight excluding hydrogens is 220 g/mol. The molecule has 0 radical (unpaired) electrons. The van der Waals surface area contributed by atoms with Gasteiger partial charge in [-0.2, -0.15) is 0 Å². The molecule has 1 aliphatic carbocycles. The standard InChI is InChI=1S/C12H22N2O3/c1-3-14(9(2)15)11-7-5-4-6-10(11)13-8-12(16)17/h10-11,13H,3-8H2,1-2H3,(H,16,17). The fourth-order valence-electron chi connectivity index (χ4n) is 2.63. The molecule has 1 aliphatic rings. The summed E-state index contributed by atoms with van der Waals surface area (Å²) in [5.74, 6) is -0.776. The molecule has 2 atom stereocenters. The fourth-order valence-corrected chi connectivity index (χ4v) is 2.63. The molecule has 1 saturated carbocycles. The highest BCUT2D eigenvalue weighted by molar-refractivity contribution is 5.73. The Hall–Kier alpha value is -1.10. The summed E-state index contributed by atoms with van der Waals surface area (Å²) in [6, 6.07) is 0.259. The van der Waals surface area contributed by atoms with Crippen LogP contribution in [0.25, 0.3) is 0 Å². The van der Waals surface area contributed by atoms with Crippen molar-refractivity contribution in [2.45, 2.75) is 51.6 Å². The Bertz CT molecular complexity index is 281. The summed E-state index contributed by atoms with van der Waals surface area (Å²) in [6.07, 6.45) is 4.12. The molecule has 5 nitrogen and oxygen atoms in total. The maximum Gasteiger partial charge on any atom is 0.317 e. The van der Waals surface area contributed by atoms with E-state index in [0.29, 0.717) is 6.54 Å². The minimum atomic E-state index is -0.847. The molecular formula is C12H22N2O3. The molecule has 0 aromatic rings. The number of likely N-dealkylation sites (N-methyl/N-ethyl adjacent to an activating group) is 1. The molecule has 0 aromatic carbocycles. The summed E-state index contributed by atoms with van der Waals surface area (Å²) in [4.78, 5) is 24.0. The van der Waals surface area contributed by atoms with Gasteiger partial charge in [-0.3, -0.25) is 9.59 Å². The van der Waals surface area contributed by atoms with E-state index in [0.717, 1.165) is 25.7 Å². The molecule has 17 heavy (non-hydrogen) atoms. The maximum atomic E-state index is 11.5. The van der Waals surface area contributed by atoms with Crippen LogP contribution in [0.5, 0.6) is 0 Å². The minimum absolute atomic E-state index is 0.0311. The van der Waals surface area contributed by atoms with Crippen LogP contribution in [0.2, 0.25) is 0 Å². The summed E-state index contributed by atoms with van der Waals surface area (Å²) in [5.41, 5.74) is 0. The van der Waals surface area contributed by atoms with Crippen LogP contribution in [0.15, 0.2) is 0 Å². The van der Waals surface area contributed by atoms with E-state index in [-0.39, 0.29) is 24.5 Å². The molecule has 5 heteroatoms. The zero-order chi connectivity index (χ0) is 12.8. The number of carbonyl (C=O) groups excluding carboxylic acids is 1. The van der Waals surface area contributed by atoms with Gasteiger partial charge in [0.05, 0.1) is 6.54 Å². The Kier molecular flexibility index (Phi) is 5.41. The number of rotatable bonds is 5. The first-order valence-electron chi connectivity index (χ1n) is 6.28. The van der Waals surface area contributed by atoms with Crippen LogP contribution in [-0.2, 0) is 9.59 Å². The van der Waals surface area contributed by atoms with Gasteiger partial charge < -0.3 is 15.3 Å². The SMILES string of the molecule is CCN(C(C)=O)C1CCCCC1NCC(=O)O. The summed E-state index contributed by atoms with van der Waals surface area (Å²) in [5, 5.41) is 11.7. The van der Waals surface area contributed by atoms with Crippen molar-refractivity contribution in [3.8, 4) is 0 Å². The van der Waals surface area contributed by atoms with E-state index in [1.54, 1.807) is 6.92 Å². The first-order chi connectivity index (χ1) is 8.06. The zero-order valence-corrected chi connectivity index (χ0v) is 10.6. The van der Waals surface area contributed by atoms with E-state index in [4.69, 9.17) is 5.11 Å². The molecule has 0 heterocycles. The number of amides is 1. The fraction of sp³-hybridized carbons (Fsp3) is 0.833. The molecule has 1 rings (SSSR count). The molecule has 0 spiro atoms. The van der Waals surface area contributed by atoms with Gasteiger partial charge in [0, 0.05) is 25.6 Å². The third kappa shape index (κ3) is 4.00. The van der Waals surface area contributed by atoms with Crippen molar-refractivity contribution in [1.29, 1.82) is 0 Å². The maximum absolute atomic E-state index is 11.5. The second-order valence-electron chi connectivity index (χ2n) is 4.54. The first kappa shape index (κ1) is 14.0. The van der Waals surface area contributed by atoms with Crippen LogP contribution >= 0.6 is 0 Å². The average Bonchev–Trinajstić information content (AvgIpc) is 2.28. The number of nitrogens with one attached hydrogen (secondary N) is 1. The topological polar surface area (TPSA) is 69.6 Å². The smallest absolute Gasteiger partial charge is 0.317 e. The van der Waals surface area contributed by atoms with E-state index in [1.807, 2.05) is 11.8 Å². The predicted molar refractivity (Wildman–Crippen MR) is 64.7 cm³/mol. The third-order valence-electron chi connectivity index (χ3n) is 3.39. The highest BCUT2D eigenvalue weighted by Gasteiger charge is 2.30. The Morgan fingerprint density at radius 1 is 1.35 bits per heavy atom. The predicted octanol–water partition coefficient (Wildman–Crippen LogP) is 0.840. The second kappa shape index (κ2) is 6.59. The van der Waals surface area contributed by atoms with E-state index in [9.17, 15) is 9.59 Å². The molecule has 98 valence electrons. The van der Waals surface area contributed by atoms with Gasteiger partial charge in [0.25, 0.3) is 0 Å². The largest absolute Gasteiger partial charge is 0.480 e. The zero-order valence-electron chi connectivity index (χ0n) is 10.6. The van der Waals surface area contributed by atoms with Crippen molar-refractivity contribution in [3.05, 3.63) is 0 Å². The van der Waals surface area contributed by atoms with Crippen LogP contribution in [0.3, 0.4) is 0 Å². The number of carboxylic acids is 1. The number of hydrogen-bond donors (Lipinski definition) is 2. The van der Waals surface area contributed by atoms with Crippen LogP contribution in [0, 0.1) is 0 Å². The highest BCUT2D eigenvalue weighted by atomic mass is 16.4. The molecule has 0 bridgehead atoms. The quantitative estimate of drug-likeness (QED) is 0.749. The van der Waals surface area contributed by atoms with Crippen LogP contribution in [-0.4, -0.2) is 47.1 Å². The Morgan fingerprint density at radius 2 is 2.00 bits per heavy atom. The number of aliphatic carboxylic acids is 1. The van der Waals surface area contributed by atoms with E-state index < -0.39 is 5.97 Å². The van der Waals surface area contributed by atoms with Crippen molar-refractivity contribution in [2.75, 3.05) is 13.1 Å². The number of nitrogens with zero attached hydrogens (tertiary/aromatic N) is 1. The third-order valence-corrected chi connectivity index (χ3v) is 3.39. The summed E-state index contributed by atoms with van der Waals surface area (Å²) >= 11 is 0. The Balaban J connectivity index is 2.63. The number of carboxylic acid groups (broad SMARTS) is 1. The monoisotopic (exact) mass is 242 g/mol. The molecule has 0 aromatic heterocycles. The molecule has 1 fully saturated rings. The van der Waals surface area contributed by atoms with Crippen molar-refractivity contribution in [3.63, 3.8) is 0 Å². The van der Waals surface area contributed by atoms with Crippen molar-refractivity contribution < 1.29 is 14.7 Å². The van der Waals surface area contributed by atoms with Crippen molar-refractivity contribution >= 4 is 11.9 Å². The second-order valence-corrected chi connectivity index (χ2v) is 4.54. The van der Waals surface area contributed by atoms with Crippen LogP contribution in [0.1, 0.15) is 39.5 Å². The summed E-state index contributed by atoms with van der Waals surface area (Å²) < 4.78 is 0. The van der Waals surface area contributed by atoms with E-state index in [1.165, 1.54) is 0 Å². The van der Waals surface area contributed by atoms with Crippen molar-refractivity contribution in [2.24, 2.45) is 0 Å². The van der Waals surface area contributed by atoms with E-state index in [2.05, 4.69) is 5.32 Å². The summed E-state index contributed by atoms with van der Waals surface area (Å²) in [6.45, 7) is 4.19. The lowest BCUT2D eigenvalue weighted by molar-refractivity contribution is -0.136. The number of hydrogen-bond acceptors (Lipinski definition) is 3. The van der Waals surface area contributed by atoms with Crippen molar-refractivity contribution in [1.82, 2.24) is 10.2 Å². The van der Waals surface area contributed by atoms with Gasteiger partial charge in [-0.1, -0.05) is 12.8 Å². The highest BCUT2D eigenvalue weighted by Crippen LogP contribution is 2.23. The van der Waals surface area contributed by atoms with Gasteiger partial charge in [0.2, 0.25) is 5.91 Å². The van der Waals surface area contributed by atoms with Gasteiger partial charge in [0.1, 0.15) is 0 Å². The minimum Gasteiger partial charge on any atom is -0.480 e. The van der Waals surface area contributed by atoms with Gasteiger partial charge in [-0.15, -0.1) is 0 Å². The van der Waals surface area contributed by atoms with Gasteiger partial charge in [-0.05, 0) is 19.8 Å². The van der Waals surface area contributed by atoms with E-state index >= 15 is 0 Å². The number of carbonyl (C=O) groups is 2. The van der Waals surface area contributed by atoms with Gasteiger partial charge in [0.15, 0.2) is 0 Å². The Labute approximate surface area is 102 Å². The Morgan fingerprint density at radius 3 is 2.53 bits per heavy atom. The molecule has 0 aliphatic heterocycles. The van der Waals surface area contributed by atoms with Gasteiger partial charge >= 0.3 is 5.97 Å². The van der Waals surface area contributed by atoms with Gasteiger partial charge in [-0.25, -0.2) is 0 Å². The molecule has 1 amide bonds. The molecule has 0 saturated heterocycles. The lowest BCUT2D eigenvalue weighted by Crippen LogP contribution is -2.54. The average molecular weight is 242 g/mol. The lowest BCUT2D eigenvalue weighted by atomic mass is 9.89. The van der Waals surface area contributed by atoms with Crippen LogP contribution < -0.4 is 5.32 Å². The lowest BCUT2D eigenvalue weighted by Gasteiger charge is -2.39. The molecule has 2 N–H and O–H groups in total. The molecule has 2 unspecified atom stereocenters. The van der Waals surface area contributed by atoms with Crippen LogP contribution in [0.4, 0.5) is 0 Å². The summed E-state index contributed by atoms with van der Waals surface area (Å²) in [7, 11) is 0.